The number of hydrogen-bond donors (Lipinski definition) is 0. The van der Waals surface area contributed by atoms with Gasteiger partial charge >= 0.3 is 0 Å². The molecule has 0 amide bonds. The van der Waals surface area contributed by atoms with E-state index in [0.717, 1.165) is 26.1 Å². The van der Waals surface area contributed by atoms with Gasteiger partial charge in [-0.25, -0.2) is 4.98 Å². The molecular weight excluding hydrogens is 266 g/mol. The summed E-state index contributed by atoms with van der Waals surface area (Å²) in [6, 6.07) is 10.8. The lowest BCUT2D eigenvalue weighted by atomic mass is 10.1. The second-order valence-electron chi connectivity index (χ2n) is 5.33. The van der Waals surface area contributed by atoms with Gasteiger partial charge in [-0.05, 0) is 12.0 Å². The predicted octanol–water partition coefficient (Wildman–Crippen LogP) is 2.50. The van der Waals surface area contributed by atoms with Gasteiger partial charge in [0.05, 0.1) is 11.2 Å². The normalized spacial score (nSPS) is 17.4. The fourth-order valence-corrected chi connectivity index (χ4v) is 3.20. The number of piperazine rings is 1. The van der Waals surface area contributed by atoms with Crippen LogP contribution in [0.15, 0.2) is 41.2 Å². The number of hydrogen-bond acceptors (Lipinski definition) is 4. The summed E-state index contributed by atoms with van der Waals surface area (Å²) >= 11 is 1.69. The Labute approximate surface area is 124 Å². The minimum Gasteiger partial charge on any atom is -0.300 e. The molecule has 2 heterocycles. The Morgan fingerprint density at radius 3 is 2.45 bits per heavy atom. The van der Waals surface area contributed by atoms with Crippen LogP contribution in [0, 0.1) is 0 Å². The summed E-state index contributed by atoms with van der Waals surface area (Å²) in [7, 11) is 0. The van der Waals surface area contributed by atoms with Crippen molar-refractivity contribution in [2.75, 3.05) is 32.7 Å². The van der Waals surface area contributed by atoms with Crippen LogP contribution < -0.4 is 0 Å². The van der Waals surface area contributed by atoms with Crippen LogP contribution in [0.5, 0.6) is 0 Å². The zero-order chi connectivity index (χ0) is 13.6. The van der Waals surface area contributed by atoms with E-state index >= 15 is 0 Å². The molecule has 1 saturated heterocycles. The van der Waals surface area contributed by atoms with Gasteiger partial charge in [0.15, 0.2) is 0 Å². The molecule has 4 heteroatoms. The van der Waals surface area contributed by atoms with Crippen molar-refractivity contribution in [1.29, 1.82) is 0 Å². The first kappa shape index (κ1) is 13.7. The zero-order valence-corrected chi connectivity index (χ0v) is 12.6. The van der Waals surface area contributed by atoms with Crippen molar-refractivity contribution >= 4 is 11.3 Å². The summed E-state index contributed by atoms with van der Waals surface area (Å²) in [5, 5.41) is 2.15. The van der Waals surface area contributed by atoms with Crippen LogP contribution >= 0.6 is 11.3 Å². The average Bonchev–Trinajstić information content (AvgIpc) is 3.01. The molecule has 0 bridgehead atoms. The third-order valence-electron chi connectivity index (χ3n) is 3.89. The molecule has 1 aromatic carbocycles. The van der Waals surface area contributed by atoms with Crippen LogP contribution in [0.4, 0.5) is 0 Å². The molecule has 0 saturated carbocycles. The van der Waals surface area contributed by atoms with Crippen molar-refractivity contribution in [1.82, 2.24) is 14.8 Å². The Balaban J connectivity index is 1.40. The van der Waals surface area contributed by atoms with E-state index in [1.807, 2.05) is 5.51 Å². The molecule has 2 aromatic rings. The van der Waals surface area contributed by atoms with Crippen LogP contribution in [0.25, 0.3) is 0 Å². The largest absolute Gasteiger partial charge is 0.300 e. The third kappa shape index (κ3) is 3.88. The lowest BCUT2D eigenvalue weighted by molar-refractivity contribution is 0.127. The Morgan fingerprint density at radius 1 is 1.00 bits per heavy atom. The Kier molecular flexibility index (Phi) is 4.79. The fourth-order valence-electron chi connectivity index (χ4n) is 2.65. The van der Waals surface area contributed by atoms with Gasteiger partial charge in [-0.1, -0.05) is 30.3 Å². The van der Waals surface area contributed by atoms with Gasteiger partial charge in [-0.15, -0.1) is 11.3 Å². The SMILES string of the molecule is c1ccc(CCN2CCN(Cc3cscn3)CC2)cc1. The second kappa shape index (κ2) is 6.97. The molecule has 1 aliphatic heterocycles. The summed E-state index contributed by atoms with van der Waals surface area (Å²) < 4.78 is 0. The third-order valence-corrected chi connectivity index (χ3v) is 4.53. The van der Waals surface area contributed by atoms with Crippen molar-refractivity contribution in [2.45, 2.75) is 13.0 Å². The molecule has 0 radical (unpaired) electrons. The van der Waals surface area contributed by atoms with E-state index in [0.29, 0.717) is 0 Å². The molecule has 1 aliphatic rings. The highest BCUT2D eigenvalue weighted by Crippen LogP contribution is 2.09. The predicted molar refractivity (Wildman–Crippen MR) is 84.0 cm³/mol. The van der Waals surface area contributed by atoms with Gasteiger partial charge in [-0.2, -0.15) is 0 Å². The summed E-state index contributed by atoms with van der Waals surface area (Å²) in [6.07, 6.45) is 1.16. The minimum absolute atomic E-state index is 1.01. The van der Waals surface area contributed by atoms with E-state index in [1.165, 1.54) is 30.9 Å². The van der Waals surface area contributed by atoms with Crippen LogP contribution in [0.2, 0.25) is 0 Å². The number of nitrogens with zero attached hydrogens (tertiary/aromatic N) is 3. The van der Waals surface area contributed by atoms with Crippen LogP contribution in [-0.4, -0.2) is 47.5 Å². The van der Waals surface area contributed by atoms with E-state index in [4.69, 9.17) is 0 Å². The summed E-state index contributed by atoms with van der Waals surface area (Å²) in [5.74, 6) is 0. The van der Waals surface area contributed by atoms with Gasteiger partial charge in [0, 0.05) is 44.6 Å². The Hall–Kier alpha value is -1.23. The molecule has 1 fully saturated rings. The number of rotatable bonds is 5. The quantitative estimate of drug-likeness (QED) is 0.842. The Bertz CT molecular complexity index is 490. The molecule has 20 heavy (non-hydrogen) atoms. The van der Waals surface area contributed by atoms with Gasteiger partial charge in [-0.3, -0.25) is 4.90 Å². The first-order chi connectivity index (χ1) is 9.90. The molecule has 1 aromatic heterocycles. The number of thiazole rings is 1. The van der Waals surface area contributed by atoms with Crippen LogP contribution in [-0.2, 0) is 13.0 Å². The van der Waals surface area contributed by atoms with Crippen molar-refractivity contribution in [3.05, 3.63) is 52.5 Å². The lowest BCUT2D eigenvalue weighted by Gasteiger charge is -2.34. The number of aromatic nitrogens is 1. The first-order valence-corrected chi connectivity index (χ1v) is 8.20. The fraction of sp³-hybridized carbons (Fsp3) is 0.438. The Morgan fingerprint density at radius 2 is 1.75 bits per heavy atom. The number of benzene rings is 1. The monoisotopic (exact) mass is 287 g/mol. The average molecular weight is 287 g/mol. The van der Waals surface area contributed by atoms with Crippen molar-refractivity contribution in [3.8, 4) is 0 Å². The van der Waals surface area contributed by atoms with Gasteiger partial charge < -0.3 is 4.90 Å². The van der Waals surface area contributed by atoms with Gasteiger partial charge in [0.2, 0.25) is 0 Å². The molecule has 0 atom stereocenters. The smallest absolute Gasteiger partial charge is 0.0795 e. The van der Waals surface area contributed by atoms with Crippen molar-refractivity contribution < 1.29 is 0 Å². The van der Waals surface area contributed by atoms with E-state index < -0.39 is 0 Å². The maximum atomic E-state index is 4.37. The van der Waals surface area contributed by atoms with Crippen molar-refractivity contribution in [3.63, 3.8) is 0 Å². The van der Waals surface area contributed by atoms with Gasteiger partial charge in [0.25, 0.3) is 0 Å². The van der Waals surface area contributed by atoms with Crippen molar-refractivity contribution in [2.24, 2.45) is 0 Å². The maximum Gasteiger partial charge on any atom is 0.0795 e. The molecular formula is C16H21N3S. The van der Waals surface area contributed by atoms with Gasteiger partial charge in [0.1, 0.15) is 0 Å². The summed E-state index contributed by atoms with van der Waals surface area (Å²) in [6.45, 7) is 6.86. The van der Waals surface area contributed by atoms with Crippen LogP contribution in [0.1, 0.15) is 11.3 Å². The highest BCUT2D eigenvalue weighted by atomic mass is 32.1. The highest BCUT2D eigenvalue weighted by Gasteiger charge is 2.17. The molecule has 3 rings (SSSR count). The molecule has 3 nitrogen and oxygen atoms in total. The van der Waals surface area contributed by atoms with E-state index in [2.05, 4.69) is 50.5 Å². The summed E-state index contributed by atoms with van der Waals surface area (Å²) in [5.41, 5.74) is 4.58. The molecule has 0 aliphatic carbocycles. The maximum absolute atomic E-state index is 4.37. The summed E-state index contributed by atoms with van der Waals surface area (Å²) in [4.78, 5) is 9.45. The van der Waals surface area contributed by atoms with E-state index in [-0.39, 0.29) is 0 Å². The second-order valence-corrected chi connectivity index (χ2v) is 6.05. The topological polar surface area (TPSA) is 19.4 Å². The first-order valence-electron chi connectivity index (χ1n) is 7.26. The minimum atomic E-state index is 1.01. The highest BCUT2D eigenvalue weighted by molar-refractivity contribution is 7.07. The zero-order valence-electron chi connectivity index (χ0n) is 11.7. The molecule has 0 unspecified atom stereocenters. The van der Waals surface area contributed by atoms with E-state index in [9.17, 15) is 0 Å². The van der Waals surface area contributed by atoms with E-state index in [1.54, 1.807) is 11.3 Å². The molecule has 0 N–H and O–H groups in total. The molecule has 106 valence electrons. The lowest BCUT2D eigenvalue weighted by Crippen LogP contribution is -2.46. The molecule has 0 spiro atoms. The standard InChI is InChI=1S/C16H21N3S/c1-2-4-15(5-3-1)6-7-18-8-10-19(11-9-18)12-16-13-20-14-17-16/h1-5,13-14H,6-12H2. The van der Waals surface area contributed by atoms with Crippen LogP contribution in [0.3, 0.4) is 0 Å².